The van der Waals surface area contributed by atoms with E-state index in [2.05, 4.69) is 5.32 Å². The summed E-state index contributed by atoms with van der Waals surface area (Å²) < 4.78 is 9.76. The highest BCUT2D eigenvalue weighted by Gasteiger charge is 2.27. The molecule has 1 saturated heterocycles. The van der Waals surface area contributed by atoms with Crippen molar-refractivity contribution in [2.24, 2.45) is 5.92 Å². The van der Waals surface area contributed by atoms with Gasteiger partial charge in [0.25, 0.3) is 5.91 Å². The van der Waals surface area contributed by atoms with Crippen LogP contribution < -0.4 is 10.2 Å². The smallest absolute Gasteiger partial charge is 0.338 e. The maximum absolute atomic E-state index is 12.3. The molecule has 1 N–H and O–H groups in total. The van der Waals surface area contributed by atoms with E-state index < -0.39 is 30.5 Å². The van der Waals surface area contributed by atoms with Gasteiger partial charge in [0.15, 0.2) is 6.61 Å². The molecule has 0 unspecified atom stereocenters. The summed E-state index contributed by atoms with van der Waals surface area (Å²) in [5, 5.41) is 2.54. The fraction of sp³-hybridized carbons (Fsp3) is 0.500. The molecule has 8 nitrogen and oxygen atoms in total. The third kappa shape index (κ3) is 5.31. The van der Waals surface area contributed by atoms with Crippen molar-refractivity contribution in [1.29, 1.82) is 0 Å². The van der Waals surface area contributed by atoms with Crippen LogP contribution in [0.15, 0.2) is 24.3 Å². The number of benzene rings is 1. The first-order valence-electron chi connectivity index (χ1n) is 9.32. The van der Waals surface area contributed by atoms with Crippen molar-refractivity contribution in [1.82, 2.24) is 5.32 Å². The van der Waals surface area contributed by atoms with Gasteiger partial charge in [-0.3, -0.25) is 9.59 Å². The van der Waals surface area contributed by atoms with E-state index in [1.807, 2.05) is 13.8 Å². The molecule has 0 spiro atoms. The number of nitrogens with zero attached hydrogens (tertiary/aromatic N) is 1. The third-order valence-corrected chi connectivity index (χ3v) is 4.79. The number of carbonyl (C=O) groups excluding carboxylic acids is 4. The number of esters is 2. The van der Waals surface area contributed by atoms with Gasteiger partial charge in [0.05, 0.1) is 12.7 Å². The molecule has 2 rings (SSSR count). The van der Waals surface area contributed by atoms with Gasteiger partial charge in [-0.25, -0.2) is 9.59 Å². The van der Waals surface area contributed by atoms with E-state index in [0.717, 1.165) is 6.42 Å². The number of hydrogen-bond acceptors (Lipinski definition) is 6. The van der Waals surface area contributed by atoms with Crippen LogP contribution in [0.3, 0.4) is 0 Å². The maximum atomic E-state index is 12.3. The molecule has 8 heteroatoms. The fourth-order valence-electron chi connectivity index (χ4n) is 2.95. The second kappa shape index (κ2) is 9.87. The summed E-state index contributed by atoms with van der Waals surface area (Å²) in [6.45, 7) is 3.81. The van der Waals surface area contributed by atoms with Crippen molar-refractivity contribution in [3.8, 4) is 0 Å². The zero-order valence-electron chi connectivity index (χ0n) is 16.4. The molecule has 0 aliphatic carbocycles. The first kappa shape index (κ1) is 21.4. The maximum Gasteiger partial charge on any atom is 0.338 e. The van der Waals surface area contributed by atoms with E-state index in [1.54, 1.807) is 29.2 Å². The van der Waals surface area contributed by atoms with Crippen molar-refractivity contribution in [3.63, 3.8) is 0 Å². The lowest BCUT2D eigenvalue weighted by Gasteiger charge is -2.21. The molecule has 1 aromatic carbocycles. The lowest BCUT2D eigenvalue weighted by molar-refractivity contribution is -0.147. The van der Waals surface area contributed by atoms with Crippen LogP contribution in [0.1, 0.15) is 43.5 Å². The second-order valence-electron chi connectivity index (χ2n) is 6.73. The van der Waals surface area contributed by atoms with Gasteiger partial charge in [0.2, 0.25) is 5.91 Å². The summed E-state index contributed by atoms with van der Waals surface area (Å²) in [5.41, 5.74) is 0.875. The number of methoxy groups -OCH3 is 1. The molecular weight excluding hydrogens is 364 g/mol. The summed E-state index contributed by atoms with van der Waals surface area (Å²) in [6.07, 6.45) is 1.94. The first-order chi connectivity index (χ1) is 13.4. The van der Waals surface area contributed by atoms with Crippen molar-refractivity contribution >= 4 is 29.4 Å². The van der Waals surface area contributed by atoms with Crippen LogP contribution in [0, 0.1) is 5.92 Å². The lowest BCUT2D eigenvalue weighted by atomic mass is 9.99. The predicted octanol–water partition coefficient (Wildman–Crippen LogP) is 1.67. The normalized spacial score (nSPS) is 15.7. The van der Waals surface area contributed by atoms with E-state index >= 15 is 0 Å². The predicted molar refractivity (Wildman–Crippen MR) is 102 cm³/mol. The van der Waals surface area contributed by atoms with Crippen molar-refractivity contribution < 1.29 is 28.7 Å². The number of nitrogens with one attached hydrogen (secondary N) is 1. The summed E-state index contributed by atoms with van der Waals surface area (Å²) in [6, 6.07) is 5.74. The number of anilines is 1. The summed E-state index contributed by atoms with van der Waals surface area (Å²) in [5.74, 6) is -1.92. The van der Waals surface area contributed by atoms with Crippen LogP contribution in [0.5, 0.6) is 0 Å². The van der Waals surface area contributed by atoms with E-state index in [4.69, 9.17) is 9.47 Å². The van der Waals surface area contributed by atoms with Crippen LogP contribution in [0.2, 0.25) is 0 Å². The van der Waals surface area contributed by atoms with Crippen molar-refractivity contribution in [2.45, 2.75) is 39.2 Å². The highest BCUT2D eigenvalue weighted by atomic mass is 16.5. The van der Waals surface area contributed by atoms with Crippen LogP contribution in [0.4, 0.5) is 5.69 Å². The molecule has 0 bridgehead atoms. The van der Waals surface area contributed by atoms with Crippen molar-refractivity contribution in [2.75, 3.05) is 25.2 Å². The third-order valence-electron chi connectivity index (χ3n) is 4.79. The Labute approximate surface area is 164 Å². The molecule has 1 heterocycles. The second-order valence-corrected chi connectivity index (χ2v) is 6.73. The van der Waals surface area contributed by atoms with Crippen LogP contribution in [-0.2, 0) is 23.9 Å². The summed E-state index contributed by atoms with van der Waals surface area (Å²) in [7, 11) is 1.25. The molecule has 2 amide bonds. The van der Waals surface area contributed by atoms with Crippen LogP contribution >= 0.6 is 0 Å². The SMILES string of the molecule is CC[C@@H](C)[C@H](NC(=O)COC(=O)c1cccc(N2CCCC2=O)c1)C(=O)OC. The largest absolute Gasteiger partial charge is 0.467 e. The van der Waals surface area contributed by atoms with Crippen LogP contribution in [0.25, 0.3) is 0 Å². The van der Waals surface area contributed by atoms with Gasteiger partial charge in [-0.1, -0.05) is 26.3 Å². The molecule has 152 valence electrons. The molecule has 0 saturated carbocycles. The standard InChI is InChI=1S/C20H26N2O6/c1-4-13(2)18(20(26)27-3)21-16(23)12-28-19(25)14-7-5-8-15(11-14)22-10-6-9-17(22)24/h5,7-8,11,13,18H,4,6,9-10,12H2,1-3H3,(H,21,23)/t13-,18+/m1/s1. The molecule has 1 aromatic rings. The molecule has 1 aliphatic rings. The molecule has 0 aromatic heterocycles. The Morgan fingerprint density at radius 2 is 2.04 bits per heavy atom. The topological polar surface area (TPSA) is 102 Å². The minimum atomic E-state index is -0.800. The number of ether oxygens (including phenoxy) is 2. The Kier molecular flexibility index (Phi) is 7.54. The average molecular weight is 390 g/mol. The zero-order valence-corrected chi connectivity index (χ0v) is 16.4. The summed E-state index contributed by atoms with van der Waals surface area (Å²) in [4.78, 5) is 49.7. The number of carbonyl (C=O) groups is 4. The van der Waals surface area contributed by atoms with Gasteiger partial charge >= 0.3 is 11.9 Å². The average Bonchev–Trinajstić information content (AvgIpc) is 3.15. The number of rotatable bonds is 8. The van der Waals surface area contributed by atoms with E-state index in [-0.39, 0.29) is 17.4 Å². The fourth-order valence-corrected chi connectivity index (χ4v) is 2.95. The first-order valence-corrected chi connectivity index (χ1v) is 9.32. The summed E-state index contributed by atoms with van der Waals surface area (Å²) >= 11 is 0. The van der Waals surface area contributed by atoms with E-state index in [0.29, 0.717) is 25.1 Å². The molecule has 0 radical (unpaired) electrons. The van der Waals surface area contributed by atoms with Gasteiger partial charge in [-0.05, 0) is 30.5 Å². The Balaban J connectivity index is 1.95. The highest BCUT2D eigenvalue weighted by molar-refractivity contribution is 5.98. The molecule has 1 fully saturated rings. The molecular formula is C20H26N2O6. The van der Waals surface area contributed by atoms with Gasteiger partial charge < -0.3 is 19.7 Å². The zero-order chi connectivity index (χ0) is 20.7. The van der Waals surface area contributed by atoms with Crippen LogP contribution in [-0.4, -0.2) is 50.1 Å². The van der Waals surface area contributed by atoms with Gasteiger partial charge in [-0.15, -0.1) is 0 Å². The quantitative estimate of drug-likeness (QED) is 0.678. The highest BCUT2D eigenvalue weighted by Crippen LogP contribution is 2.22. The van der Waals surface area contributed by atoms with Gasteiger partial charge in [-0.2, -0.15) is 0 Å². The lowest BCUT2D eigenvalue weighted by Crippen LogP contribution is -2.47. The Bertz CT molecular complexity index is 748. The van der Waals surface area contributed by atoms with Crippen molar-refractivity contribution in [3.05, 3.63) is 29.8 Å². The van der Waals surface area contributed by atoms with Gasteiger partial charge in [0.1, 0.15) is 6.04 Å². The molecule has 28 heavy (non-hydrogen) atoms. The Morgan fingerprint density at radius 3 is 2.64 bits per heavy atom. The van der Waals surface area contributed by atoms with Gasteiger partial charge in [0, 0.05) is 18.7 Å². The number of amides is 2. The monoisotopic (exact) mass is 390 g/mol. The number of hydrogen-bond donors (Lipinski definition) is 1. The Hall–Kier alpha value is -2.90. The molecule has 1 aliphatic heterocycles. The Morgan fingerprint density at radius 1 is 1.29 bits per heavy atom. The minimum Gasteiger partial charge on any atom is -0.467 e. The van der Waals surface area contributed by atoms with E-state index in [9.17, 15) is 19.2 Å². The molecule has 2 atom stereocenters. The van der Waals surface area contributed by atoms with E-state index in [1.165, 1.54) is 7.11 Å². The minimum absolute atomic E-state index is 0.0174.